The van der Waals surface area contributed by atoms with Gasteiger partial charge in [0.25, 0.3) is 5.91 Å². The van der Waals surface area contributed by atoms with Gasteiger partial charge in [-0.05, 0) is 24.3 Å². The van der Waals surface area contributed by atoms with Crippen molar-refractivity contribution in [2.45, 2.75) is 12.8 Å². The summed E-state index contributed by atoms with van der Waals surface area (Å²) in [6, 6.07) is 13.2. The van der Waals surface area contributed by atoms with Crippen LogP contribution in [-0.2, 0) is 27.2 Å². The molecule has 0 radical (unpaired) electrons. The van der Waals surface area contributed by atoms with Gasteiger partial charge in [-0.15, -0.1) is 0 Å². The zero-order valence-corrected chi connectivity index (χ0v) is 18.5. The molecule has 1 aromatic carbocycles. The van der Waals surface area contributed by atoms with E-state index in [0.29, 0.717) is 62.5 Å². The molecule has 3 aromatic rings. The Morgan fingerprint density at radius 2 is 1.91 bits per heavy atom. The van der Waals surface area contributed by atoms with Gasteiger partial charge in [-0.3, -0.25) is 14.6 Å². The fraction of sp³-hybridized carbons (Fsp3) is 0.292. The van der Waals surface area contributed by atoms with E-state index in [0.717, 1.165) is 5.69 Å². The molecule has 0 atom stereocenters. The summed E-state index contributed by atoms with van der Waals surface area (Å²) in [4.78, 5) is 40.2. The lowest BCUT2D eigenvalue weighted by molar-refractivity contribution is -0.134. The molecule has 3 heterocycles. The summed E-state index contributed by atoms with van der Waals surface area (Å²) in [5, 5.41) is 12.0. The number of carbonyl (C=O) groups is 2. The number of ether oxygens (including phenoxy) is 2. The molecule has 2 aromatic heterocycles. The van der Waals surface area contributed by atoms with Gasteiger partial charge in [-0.25, -0.2) is 4.98 Å². The fourth-order valence-corrected chi connectivity index (χ4v) is 3.36. The van der Waals surface area contributed by atoms with Gasteiger partial charge in [-0.2, -0.15) is 4.98 Å². The molecule has 4 rings (SSSR count). The number of anilines is 2. The number of phenols is 1. The highest BCUT2D eigenvalue weighted by Gasteiger charge is 2.20. The van der Waals surface area contributed by atoms with E-state index >= 15 is 0 Å². The predicted molar refractivity (Wildman–Crippen MR) is 124 cm³/mol. The highest BCUT2D eigenvalue weighted by molar-refractivity contribution is 6.41. The molecular formula is C24H25N5O5. The number of amides is 1. The molecule has 10 nitrogen and oxygen atoms in total. The van der Waals surface area contributed by atoms with Crippen LogP contribution in [0.15, 0.2) is 54.7 Å². The molecule has 1 aliphatic rings. The summed E-state index contributed by atoms with van der Waals surface area (Å²) in [6.45, 7) is 2.68. The fourth-order valence-electron chi connectivity index (χ4n) is 3.36. The maximum atomic E-state index is 12.6. The van der Waals surface area contributed by atoms with E-state index in [1.165, 1.54) is 12.1 Å². The number of Topliss-reactive ketones (excluding diaryl/α,β-unsaturated/α-hetero) is 1. The molecule has 0 saturated carbocycles. The van der Waals surface area contributed by atoms with Crippen molar-refractivity contribution < 1.29 is 24.2 Å². The predicted octanol–water partition coefficient (Wildman–Crippen LogP) is 1.79. The summed E-state index contributed by atoms with van der Waals surface area (Å²) >= 11 is 0. The number of hydrogen-bond donors (Lipinski definition) is 2. The van der Waals surface area contributed by atoms with Gasteiger partial charge < -0.3 is 24.8 Å². The standard InChI is InChI=1S/C24H25N5O5/c30-20-6-3-5-18(14-20)26-23(32)21(31)15-19-16-22(34-11-7-17-4-1-2-8-25-17)28-24(27-19)29-9-12-33-13-10-29/h1-6,8,14,16,30H,7,9-13,15H2,(H,26,32). The second-order valence-electron chi connectivity index (χ2n) is 7.62. The molecule has 0 spiro atoms. The van der Waals surface area contributed by atoms with E-state index in [9.17, 15) is 14.7 Å². The highest BCUT2D eigenvalue weighted by atomic mass is 16.5. The molecule has 1 amide bonds. The Balaban J connectivity index is 1.46. The maximum absolute atomic E-state index is 12.6. The SMILES string of the molecule is O=C(Cc1cc(OCCc2ccccn2)nc(N2CCOCC2)n1)C(=O)Nc1cccc(O)c1. The molecule has 176 valence electrons. The molecule has 0 aliphatic carbocycles. The Morgan fingerprint density at radius 3 is 2.68 bits per heavy atom. The summed E-state index contributed by atoms with van der Waals surface area (Å²) in [6.07, 6.45) is 2.10. The average molecular weight is 463 g/mol. The van der Waals surface area contributed by atoms with Crippen molar-refractivity contribution in [2.24, 2.45) is 0 Å². The lowest BCUT2D eigenvalue weighted by atomic mass is 10.2. The number of rotatable bonds is 9. The van der Waals surface area contributed by atoms with Crippen molar-refractivity contribution in [3.05, 3.63) is 66.1 Å². The van der Waals surface area contributed by atoms with Gasteiger partial charge in [-0.1, -0.05) is 12.1 Å². The molecule has 34 heavy (non-hydrogen) atoms. The van der Waals surface area contributed by atoms with Crippen LogP contribution >= 0.6 is 0 Å². The van der Waals surface area contributed by atoms with E-state index < -0.39 is 11.7 Å². The van der Waals surface area contributed by atoms with Crippen LogP contribution in [0.25, 0.3) is 0 Å². The van der Waals surface area contributed by atoms with E-state index in [-0.39, 0.29) is 12.2 Å². The van der Waals surface area contributed by atoms with Crippen LogP contribution in [-0.4, -0.2) is 64.7 Å². The molecule has 1 saturated heterocycles. The number of aromatic hydroxyl groups is 1. The van der Waals surface area contributed by atoms with Gasteiger partial charge in [0.2, 0.25) is 17.6 Å². The number of carbonyl (C=O) groups excluding carboxylic acids is 2. The first-order valence-corrected chi connectivity index (χ1v) is 10.9. The Hall–Kier alpha value is -4.05. The van der Waals surface area contributed by atoms with Crippen LogP contribution in [0.5, 0.6) is 11.6 Å². The minimum Gasteiger partial charge on any atom is -0.508 e. The highest BCUT2D eigenvalue weighted by Crippen LogP contribution is 2.19. The molecule has 1 aliphatic heterocycles. The second kappa shape index (κ2) is 11.2. The van der Waals surface area contributed by atoms with Gasteiger partial charge in [0.1, 0.15) is 5.75 Å². The molecule has 0 bridgehead atoms. The number of ketones is 1. The van der Waals surface area contributed by atoms with Crippen LogP contribution in [0, 0.1) is 0 Å². The third kappa shape index (κ3) is 6.48. The number of phenolic OH excluding ortho intramolecular Hbond substituents is 1. The lowest BCUT2D eigenvalue weighted by Crippen LogP contribution is -2.37. The Morgan fingerprint density at radius 1 is 1.06 bits per heavy atom. The van der Waals surface area contributed by atoms with Gasteiger partial charge in [0, 0.05) is 49.2 Å². The third-order valence-electron chi connectivity index (χ3n) is 5.07. The van der Waals surface area contributed by atoms with Gasteiger partial charge in [0.15, 0.2) is 0 Å². The van der Waals surface area contributed by atoms with Crippen molar-refractivity contribution in [3.63, 3.8) is 0 Å². The van der Waals surface area contributed by atoms with Crippen LogP contribution in [0.4, 0.5) is 11.6 Å². The first-order chi connectivity index (χ1) is 16.6. The topological polar surface area (TPSA) is 127 Å². The summed E-state index contributed by atoms with van der Waals surface area (Å²) in [7, 11) is 0. The molecular weight excluding hydrogens is 438 g/mol. The smallest absolute Gasteiger partial charge is 0.292 e. The van der Waals surface area contributed by atoms with Gasteiger partial charge >= 0.3 is 0 Å². The minimum atomic E-state index is -0.797. The average Bonchev–Trinajstić information content (AvgIpc) is 2.85. The third-order valence-corrected chi connectivity index (χ3v) is 5.07. The van der Waals surface area contributed by atoms with Crippen molar-refractivity contribution in [3.8, 4) is 11.6 Å². The van der Waals surface area contributed by atoms with Crippen molar-refractivity contribution >= 4 is 23.3 Å². The van der Waals surface area contributed by atoms with Crippen molar-refractivity contribution in [1.29, 1.82) is 0 Å². The van der Waals surface area contributed by atoms with E-state index in [1.54, 1.807) is 24.4 Å². The van der Waals surface area contributed by atoms with Crippen molar-refractivity contribution in [1.82, 2.24) is 15.0 Å². The van der Waals surface area contributed by atoms with Crippen LogP contribution < -0.4 is 15.0 Å². The van der Waals surface area contributed by atoms with Crippen LogP contribution in [0.2, 0.25) is 0 Å². The number of pyridine rings is 1. The van der Waals surface area contributed by atoms with E-state index in [4.69, 9.17) is 9.47 Å². The summed E-state index contributed by atoms with van der Waals surface area (Å²) < 4.78 is 11.2. The number of nitrogens with one attached hydrogen (secondary N) is 1. The number of benzene rings is 1. The number of hydrogen-bond acceptors (Lipinski definition) is 9. The first kappa shape index (κ1) is 23.1. The van der Waals surface area contributed by atoms with Gasteiger partial charge in [0.05, 0.1) is 31.9 Å². The van der Waals surface area contributed by atoms with Crippen LogP contribution in [0.3, 0.4) is 0 Å². The largest absolute Gasteiger partial charge is 0.508 e. The second-order valence-corrected chi connectivity index (χ2v) is 7.62. The Labute approximate surface area is 196 Å². The Kier molecular flexibility index (Phi) is 7.61. The summed E-state index contributed by atoms with van der Waals surface area (Å²) in [5.41, 5.74) is 1.60. The Bertz CT molecular complexity index is 1140. The zero-order valence-electron chi connectivity index (χ0n) is 18.5. The lowest BCUT2D eigenvalue weighted by Gasteiger charge is -2.27. The van der Waals surface area contributed by atoms with Crippen LogP contribution in [0.1, 0.15) is 11.4 Å². The maximum Gasteiger partial charge on any atom is 0.292 e. The molecule has 10 heteroatoms. The first-order valence-electron chi connectivity index (χ1n) is 10.9. The molecule has 2 N–H and O–H groups in total. The van der Waals surface area contributed by atoms with E-state index in [2.05, 4.69) is 20.3 Å². The normalized spacial score (nSPS) is 13.4. The number of morpholine rings is 1. The molecule has 1 fully saturated rings. The van der Waals surface area contributed by atoms with Crippen molar-refractivity contribution in [2.75, 3.05) is 43.1 Å². The minimum absolute atomic E-state index is 0.0105. The number of nitrogens with zero attached hydrogens (tertiary/aromatic N) is 4. The summed E-state index contributed by atoms with van der Waals surface area (Å²) in [5.74, 6) is -0.730. The quantitative estimate of drug-likeness (QED) is 0.457. The number of aromatic nitrogens is 3. The zero-order chi connectivity index (χ0) is 23.8. The van der Waals surface area contributed by atoms with E-state index in [1.807, 2.05) is 23.1 Å². The monoisotopic (exact) mass is 463 g/mol. The molecule has 0 unspecified atom stereocenters.